The van der Waals surface area contributed by atoms with Crippen LogP contribution in [0.25, 0.3) is 22.2 Å². The molecule has 208 valence electrons. The van der Waals surface area contributed by atoms with Gasteiger partial charge in [-0.15, -0.1) is 0 Å². The van der Waals surface area contributed by atoms with E-state index in [1.54, 1.807) is 30.3 Å². The Hall–Kier alpha value is -4.75. The number of carbonyl (C=O) groups is 1. The number of hydrogen-bond donors (Lipinski definition) is 1. The van der Waals surface area contributed by atoms with Crippen LogP contribution in [0.2, 0.25) is 0 Å². The van der Waals surface area contributed by atoms with Gasteiger partial charge in [0.15, 0.2) is 0 Å². The maximum atomic E-state index is 13.6. The number of nitrogens with two attached hydrogens (primary N) is 1. The molecule has 2 aromatic heterocycles. The van der Waals surface area contributed by atoms with Crippen molar-refractivity contribution < 1.29 is 13.9 Å². The van der Waals surface area contributed by atoms with Crippen molar-refractivity contribution in [3.05, 3.63) is 78.5 Å². The molecule has 1 amide bonds. The van der Waals surface area contributed by atoms with Gasteiger partial charge in [0, 0.05) is 43.4 Å². The van der Waals surface area contributed by atoms with E-state index < -0.39 is 0 Å². The number of ether oxygens (including phenoxy) is 1. The predicted octanol–water partition coefficient (Wildman–Crippen LogP) is 4.91. The zero-order valence-electron chi connectivity index (χ0n) is 22.7. The van der Waals surface area contributed by atoms with Crippen LogP contribution in [-0.4, -0.2) is 63.0 Å². The molecule has 9 nitrogen and oxygen atoms in total. The fourth-order valence-electron chi connectivity index (χ4n) is 5.50. The summed E-state index contributed by atoms with van der Waals surface area (Å²) >= 11 is 0. The standard InChI is InChI=1S/C31H30FN7O2/c1-37(22-9-10-22)14-3-6-27(40)38-15-13-23(18-38)39-26(17-33)28(29-30(34)35-19-36-31(29)39)20-7-11-24(12-8-20)41-25-5-2-4-21(32)16-25/h2-8,11-12,16,19,22-23H,9-10,13-15,18H2,1H3,(H2,34,35,36). The third-order valence-corrected chi connectivity index (χ3v) is 7.76. The molecule has 1 atom stereocenters. The van der Waals surface area contributed by atoms with Crippen LogP contribution in [-0.2, 0) is 4.79 Å². The third-order valence-electron chi connectivity index (χ3n) is 7.76. The summed E-state index contributed by atoms with van der Waals surface area (Å²) < 4.78 is 21.3. The van der Waals surface area contributed by atoms with E-state index in [2.05, 4.69) is 28.0 Å². The number of likely N-dealkylation sites (tertiary alicyclic amines) is 1. The Bertz CT molecular complexity index is 1670. The average Bonchev–Trinajstić information content (AvgIpc) is 3.61. The smallest absolute Gasteiger partial charge is 0.246 e. The number of halogens is 1. The summed E-state index contributed by atoms with van der Waals surface area (Å²) in [6.07, 6.45) is 8.10. The van der Waals surface area contributed by atoms with E-state index in [4.69, 9.17) is 10.5 Å². The van der Waals surface area contributed by atoms with Crippen LogP contribution < -0.4 is 10.5 Å². The van der Waals surface area contributed by atoms with Crippen LogP contribution in [0, 0.1) is 17.1 Å². The Morgan fingerprint density at radius 2 is 2.00 bits per heavy atom. The van der Waals surface area contributed by atoms with Gasteiger partial charge >= 0.3 is 0 Å². The SMILES string of the molecule is CN(CC=CC(=O)N1CCC(n2c(C#N)c(-c3ccc(Oc4cccc(F)c4)cc3)c3c(N)ncnc32)C1)C1CC1. The largest absolute Gasteiger partial charge is 0.457 e. The van der Waals surface area contributed by atoms with E-state index in [1.807, 2.05) is 27.7 Å². The summed E-state index contributed by atoms with van der Waals surface area (Å²) in [6.45, 7) is 1.79. The summed E-state index contributed by atoms with van der Waals surface area (Å²) in [5.74, 6) is 0.760. The predicted molar refractivity (Wildman–Crippen MR) is 154 cm³/mol. The van der Waals surface area contributed by atoms with Gasteiger partial charge in [0.2, 0.25) is 5.91 Å². The normalized spacial score (nSPS) is 17.0. The molecule has 1 saturated carbocycles. The van der Waals surface area contributed by atoms with Crippen LogP contribution in [0.4, 0.5) is 10.2 Å². The Morgan fingerprint density at radius 3 is 2.73 bits per heavy atom. The molecule has 2 aliphatic rings. The second-order valence-corrected chi connectivity index (χ2v) is 10.5. The number of benzene rings is 2. The lowest BCUT2D eigenvalue weighted by Gasteiger charge is -2.17. The van der Waals surface area contributed by atoms with E-state index in [-0.39, 0.29) is 23.6 Å². The van der Waals surface area contributed by atoms with E-state index in [0.29, 0.717) is 59.3 Å². The molecule has 0 bridgehead atoms. The van der Waals surface area contributed by atoms with Crippen molar-refractivity contribution in [3.63, 3.8) is 0 Å². The highest BCUT2D eigenvalue weighted by atomic mass is 19.1. The molecule has 4 aromatic rings. The maximum Gasteiger partial charge on any atom is 0.246 e. The van der Waals surface area contributed by atoms with Gasteiger partial charge in [0.05, 0.1) is 11.4 Å². The van der Waals surface area contributed by atoms with Gasteiger partial charge in [0.1, 0.15) is 46.9 Å². The first-order chi connectivity index (χ1) is 19.9. The third kappa shape index (κ3) is 5.36. The molecule has 0 radical (unpaired) electrons. The molecular weight excluding hydrogens is 521 g/mol. The molecule has 2 fully saturated rings. The number of nitrogens with zero attached hydrogens (tertiary/aromatic N) is 6. The first-order valence-electron chi connectivity index (χ1n) is 13.7. The van der Waals surface area contributed by atoms with Gasteiger partial charge in [-0.1, -0.05) is 24.3 Å². The summed E-state index contributed by atoms with van der Waals surface area (Å²) in [6, 6.07) is 16.0. The number of amides is 1. The van der Waals surface area contributed by atoms with Crippen molar-refractivity contribution in [1.29, 1.82) is 5.26 Å². The van der Waals surface area contributed by atoms with Crippen molar-refractivity contribution >= 4 is 22.8 Å². The molecule has 10 heteroatoms. The molecule has 1 aliphatic heterocycles. The molecule has 1 aliphatic carbocycles. The first kappa shape index (κ1) is 26.5. The van der Waals surface area contributed by atoms with E-state index in [1.165, 1.54) is 31.3 Å². The fourth-order valence-corrected chi connectivity index (χ4v) is 5.50. The quantitative estimate of drug-likeness (QED) is 0.310. The molecule has 1 unspecified atom stereocenters. The number of nitriles is 1. The van der Waals surface area contributed by atoms with E-state index in [9.17, 15) is 14.4 Å². The molecule has 2 N–H and O–H groups in total. The van der Waals surface area contributed by atoms with Gasteiger partial charge in [-0.2, -0.15) is 5.26 Å². The summed E-state index contributed by atoms with van der Waals surface area (Å²) in [7, 11) is 2.08. The van der Waals surface area contributed by atoms with Crippen LogP contribution in [0.5, 0.6) is 11.5 Å². The van der Waals surface area contributed by atoms with Gasteiger partial charge in [0.25, 0.3) is 0 Å². The van der Waals surface area contributed by atoms with Crippen LogP contribution >= 0.6 is 0 Å². The van der Waals surface area contributed by atoms with Crippen molar-refractivity contribution in [2.24, 2.45) is 0 Å². The highest BCUT2D eigenvalue weighted by molar-refractivity contribution is 6.03. The first-order valence-corrected chi connectivity index (χ1v) is 13.7. The minimum absolute atomic E-state index is 0.0325. The number of rotatable bonds is 8. The number of anilines is 1. The average molecular weight is 552 g/mol. The van der Waals surface area contributed by atoms with E-state index >= 15 is 0 Å². The molecule has 2 aromatic carbocycles. The lowest BCUT2D eigenvalue weighted by molar-refractivity contribution is -0.125. The van der Waals surface area contributed by atoms with Gasteiger partial charge < -0.3 is 19.9 Å². The van der Waals surface area contributed by atoms with Gasteiger partial charge in [-0.25, -0.2) is 14.4 Å². The summed E-state index contributed by atoms with van der Waals surface area (Å²) in [4.78, 5) is 25.7. The fraction of sp³-hybridized carbons (Fsp3) is 0.290. The van der Waals surface area contributed by atoms with Crippen molar-refractivity contribution in [2.75, 3.05) is 32.4 Å². The molecule has 6 rings (SSSR count). The highest BCUT2D eigenvalue weighted by Gasteiger charge is 2.32. The van der Waals surface area contributed by atoms with Gasteiger partial charge in [-0.3, -0.25) is 9.69 Å². The van der Waals surface area contributed by atoms with E-state index in [0.717, 1.165) is 12.1 Å². The topological polar surface area (TPSA) is 113 Å². The Kier molecular flexibility index (Phi) is 7.12. The minimum Gasteiger partial charge on any atom is -0.457 e. The number of hydrogen-bond acceptors (Lipinski definition) is 7. The number of carbonyl (C=O) groups excluding carboxylic acids is 1. The second kappa shape index (κ2) is 11.0. The van der Waals surface area contributed by atoms with Crippen molar-refractivity contribution in [3.8, 4) is 28.7 Å². The van der Waals surface area contributed by atoms with Gasteiger partial charge in [-0.05, 0) is 56.1 Å². The Balaban J connectivity index is 1.28. The maximum absolute atomic E-state index is 13.6. The van der Waals surface area contributed by atoms with Crippen LogP contribution in [0.15, 0.2) is 67.0 Å². The lowest BCUT2D eigenvalue weighted by atomic mass is 10.0. The molecule has 41 heavy (non-hydrogen) atoms. The summed E-state index contributed by atoms with van der Waals surface area (Å²) in [5, 5.41) is 11.0. The van der Waals surface area contributed by atoms with Crippen LogP contribution in [0.1, 0.15) is 31.0 Å². The number of aromatic nitrogens is 3. The molecular formula is C31H30FN7O2. The van der Waals surface area contributed by atoms with Crippen molar-refractivity contribution in [1.82, 2.24) is 24.3 Å². The number of likely N-dealkylation sites (N-methyl/N-ethyl adjacent to an activating group) is 1. The second-order valence-electron chi connectivity index (χ2n) is 10.5. The molecule has 3 heterocycles. The van der Waals surface area contributed by atoms with Crippen molar-refractivity contribution in [2.45, 2.75) is 31.3 Å². The zero-order valence-corrected chi connectivity index (χ0v) is 22.7. The minimum atomic E-state index is -0.384. The highest BCUT2D eigenvalue weighted by Crippen LogP contribution is 2.40. The molecule has 1 saturated heterocycles. The summed E-state index contributed by atoms with van der Waals surface area (Å²) in [5.41, 5.74) is 8.69. The Morgan fingerprint density at radius 1 is 1.20 bits per heavy atom. The number of nitrogen functional groups attached to an aromatic ring is 1. The lowest BCUT2D eigenvalue weighted by Crippen LogP contribution is -2.28. The Labute approximate surface area is 237 Å². The zero-order chi connectivity index (χ0) is 28.5. The van der Waals surface area contributed by atoms with Crippen LogP contribution in [0.3, 0.4) is 0 Å². The monoisotopic (exact) mass is 551 g/mol. The molecule has 0 spiro atoms. The number of fused-ring (bicyclic) bond motifs is 1.